The van der Waals surface area contributed by atoms with Crippen LogP contribution in [0.3, 0.4) is 0 Å². The number of aromatic nitrogens is 3. The van der Waals surface area contributed by atoms with Crippen LogP contribution in [0.5, 0.6) is 0 Å². The lowest BCUT2D eigenvalue weighted by Gasteiger charge is -2.45. The number of nitrogens with one attached hydrogen (secondary N) is 2. The Morgan fingerprint density at radius 2 is 1.90 bits per heavy atom. The number of carbonyl (C=O) groups is 2. The number of hydrogen-bond acceptors (Lipinski definition) is 6. The first kappa shape index (κ1) is 30.0. The Kier molecular flexibility index (Phi) is 8.69. The summed E-state index contributed by atoms with van der Waals surface area (Å²) in [5.74, 6) is -2.73. The molecule has 2 aromatic carbocycles. The highest BCUT2D eigenvalue weighted by molar-refractivity contribution is 6.34. The number of amides is 1. The third-order valence-electron chi connectivity index (χ3n) is 6.86. The normalized spacial score (nSPS) is 22.9. The average molecular weight is 593 g/mol. The molecule has 3 N–H and O–H groups in total. The molecule has 2 fully saturated rings. The molecule has 2 saturated heterocycles. The summed E-state index contributed by atoms with van der Waals surface area (Å²) in [5.41, 5.74) is 2.19. The summed E-state index contributed by atoms with van der Waals surface area (Å²) < 4.78 is 39.1. The van der Waals surface area contributed by atoms with Gasteiger partial charge in [0.25, 0.3) is 0 Å². The molecule has 218 valence electrons. The Balaban J connectivity index is 0.000000493. The molecular formula is C27H28ClF3N6O4. The van der Waals surface area contributed by atoms with Crippen LogP contribution in [0.1, 0.15) is 38.7 Å². The van der Waals surface area contributed by atoms with E-state index in [-0.39, 0.29) is 30.4 Å². The standard InChI is InChI=1S/C25H27ClN6O2.C2HF3O2/c1-16-13-18(11-12-34-16)32-22(33)14-25(2,28-24(32)27)20-10-6-9-19(23(20)26)21-15-31(30-29-21)17-7-4-3-5-8-17;3-2(4,5)1(6)7/h3-10,15-16,18H,11-14H2,1-2H3,(H2,27,28);(H,6,7)/t16-,18-,25-;/m0./s1. The number of halogens is 4. The first-order chi connectivity index (χ1) is 19.3. The van der Waals surface area contributed by atoms with E-state index in [1.807, 2.05) is 68.6 Å². The number of carboxylic acid groups (broad SMARTS) is 1. The molecule has 2 aliphatic heterocycles. The zero-order valence-electron chi connectivity index (χ0n) is 22.2. The topological polar surface area (TPSA) is 133 Å². The largest absolute Gasteiger partial charge is 0.490 e. The number of rotatable bonds is 4. The van der Waals surface area contributed by atoms with Crippen molar-refractivity contribution in [1.82, 2.24) is 25.2 Å². The number of hydrogen-bond donors (Lipinski definition) is 3. The number of carbonyl (C=O) groups excluding carboxylic acids is 1. The molecule has 0 bridgehead atoms. The smallest absolute Gasteiger partial charge is 0.475 e. The number of ether oxygens (including phenoxy) is 1. The summed E-state index contributed by atoms with van der Waals surface area (Å²) in [6, 6.07) is 15.4. The van der Waals surface area contributed by atoms with Crippen LogP contribution in [-0.4, -0.2) is 67.8 Å². The van der Waals surface area contributed by atoms with Crippen molar-refractivity contribution in [1.29, 1.82) is 5.41 Å². The van der Waals surface area contributed by atoms with Gasteiger partial charge in [-0.05, 0) is 44.4 Å². The van der Waals surface area contributed by atoms with E-state index >= 15 is 0 Å². The summed E-state index contributed by atoms with van der Waals surface area (Å²) in [4.78, 5) is 23.7. The third-order valence-corrected chi connectivity index (χ3v) is 7.26. The average Bonchev–Trinajstić information content (AvgIpc) is 3.39. The van der Waals surface area contributed by atoms with Gasteiger partial charge in [0.15, 0.2) is 5.96 Å². The van der Waals surface area contributed by atoms with Crippen LogP contribution in [0.4, 0.5) is 13.2 Å². The lowest BCUT2D eigenvalue weighted by atomic mass is 9.84. The van der Waals surface area contributed by atoms with Crippen molar-refractivity contribution in [3.05, 3.63) is 65.3 Å². The molecule has 0 radical (unpaired) electrons. The summed E-state index contributed by atoms with van der Waals surface area (Å²) in [6.07, 6.45) is -1.54. The molecular weight excluding hydrogens is 565 g/mol. The molecule has 3 atom stereocenters. The third kappa shape index (κ3) is 6.68. The Labute approximate surface area is 238 Å². The van der Waals surface area contributed by atoms with Crippen molar-refractivity contribution in [2.24, 2.45) is 0 Å². The SMILES string of the molecule is C[C@H]1C[C@@H](N2C(=N)N[C@](C)(c3cccc(-c4cn(-c5ccccc5)nn4)c3Cl)CC2=O)CCO1.O=C(O)C(F)(F)F. The zero-order chi connectivity index (χ0) is 29.9. The Morgan fingerprint density at radius 1 is 1.22 bits per heavy atom. The fourth-order valence-electron chi connectivity index (χ4n) is 4.89. The first-order valence-electron chi connectivity index (χ1n) is 12.7. The predicted molar refractivity (Wildman–Crippen MR) is 144 cm³/mol. The highest BCUT2D eigenvalue weighted by atomic mass is 35.5. The van der Waals surface area contributed by atoms with Gasteiger partial charge in [-0.25, -0.2) is 9.48 Å². The lowest BCUT2D eigenvalue weighted by Crippen LogP contribution is -2.63. The van der Waals surface area contributed by atoms with Crippen molar-refractivity contribution in [2.75, 3.05) is 6.61 Å². The predicted octanol–water partition coefficient (Wildman–Crippen LogP) is 4.76. The number of carboxylic acids is 1. The molecule has 41 heavy (non-hydrogen) atoms. The molecule has 0 spiro atoms. The van der Waals surface area contributed by atoms with Crippen LogP contribution in [0.15, 0.2) is 54.7 Å². The number of benzene rings is 2. The van der Waals surface area contributed by atoms with E-state index < -0.39 is 17.7 Å². The quantitative estimate of drug-likeness (QED) is 0.398. The molecule has 1 aromatic heterocycles. The van der Waals surface area contributed by atoms with Crippen LogP contribution in [0.25, 0.3) is 16.9 Å². The molecule has 0 aliphatic carbocycles. The molecule has 3 heterocycles. The molecule has 14 heteroatoms. The fraction of sp³-hybridized carbons (Fsp3) is 0.370. The number of guanidine groups is 1. The van der Waals surface area contributed by atoms with Crippen molar-refractivity contribution in [2.45, 2.75) is 57.0 Å². The van der Waals surface area contributed by atoms with Gasteiger partial charge >= 0.3 is 12.1 Å². The Morgan fingerprint density at radius 3 is 2.51 bits per heavy atom. The number of nitrogens with zero attached hydrogens (tertiary/aromatic N) is 4. The molecule has 0 unspecified atom stereocenters. The molecule has 2 aliphatic rings. The minimum atomic E-state index is -5.08. The van der Waals surface area contributed by atoms with Gasteiger partial charge in [-0.2, -0.15) is 13.2 Å². The number of alkyl halides is 3. The van der Waals surface area contributed by atoms with E-state index in [0.29, 0.717) is 17.3 Å². The highest BCUT2D eigenvalue weighted by Crippen LogP contribution is 2.39. The maximum absolute atomic E-state index is 13.3. The second-order valence-electron chi connectivity index (χ2n) is 9.96. The molecule has 10 nitrogen and oxygen atoms in total. The van der Waals surface area contributed by atoms with Crippen molar-refractivity contribution in [3.8, 4) is 16.9 Å². The van der Waals surface area contributed by atoms with E-state index in [9.17, 15) is 18.0 Å². The van der Waals surface area contributed by atoms with E-state index in [0.717, 1.165) is 29.7 Å². The van der Waals surface area contributed by atoms with Gasteiger partial charge in [-0.3, -0.25) is 15.1 Å². The fourth-order valence-corrected chi connectivity index (χ4v) is 5.32. The van der Waals surface area contributed by atoms with E-state index in [2.05, 4.69) is 15.6 Å². The Hall–Kier alpha value is -3.97. The summed E-state index contributed by atoms with van der Waals surface area (Å²) in [5, 5.41) is 28.1. The van der Waals surface area contributed by atoms with Crippen molar-refractivity contribution >= 4 is 29.4 Å². The minimum Gasteiger partial charge on any atom is -0.475 e. The first-order valence-corrected chi connectivity index (χ1v) is 13.1. The van der Waals surface area contributed by atoms with Gasteiger partial charge in [0, 0.05) is 18.2 Å². The van der Waals surface area contributed by atoms with Gasteiger partial charge in [-0.15, -0.1) is 5.10 Å². The summed E-state index contributed by atoms with van der Waals surface area (Å²) >= 11 is 6.89. The number of para-hydroxylation sites is 1. The van der Waals surface area contributed by atoms with Gasteiger partial charge < -0.3 is 15.2 Å². The maximum Gasteiger partial charge on any atom is 0.490 e. The highest BCUT2D eigenvalue weighted by Gasteiger charge is 2.44. The van der Waals surface area contributed by atoms with Crippen LogP contribution < -0.4 is 5.32 Å². The lowest BCUT2D eigenvalue weighted by molar-refractivity contribution is -0.192. The second-order valence-corrected chi connectivity index (χ2v) is 10.3. The van der Waals surface area contributed by atoms with Crippen molar-refractivity contribution in [3.63, 3.8) is 0 Å². The Bertz CT molecular complexity index is 1410. The molecule has 5 rings (SSSR count). The monoisotopic (exact) mass is 592 g/mol. The van der Waals surface area contributed by atoms with Gasteiger partial charge in [0.05, 0.1) is 35.0 Å². The van der Waals surface area contributed by atoms with Crippen LogP contribution in [-0.2, 0) is 19.9 Å². The van der Waals surface area contributed by atoms with Crippen LogP contribution in [0, 0.1) is 5.41 Å². The molecule has 3 aromatic rings. The van der Waals surface area contributed by atoms with E-state index in [1.54, 1.807) is 9.58 Å². The van der Waals surface area contributed by atoms with E-state index in [4.69, 9.17) is 31.6 Å². The minimum absolute atomic E-state index is 0.0318. The summed E-state index contributed by atoms with van der Waals surface area (Å²) in [6.45, 7) is 4.51. The zero-order valence-corrected chi connectivity index (χ0v) is 22.9. The van der Waals surface area contributed by atoms with Crippen LogP contribution >= 0.6 is 11.6 Å². The summed E-state index contributed by atoms with van der Waals surface area (Å²) in [7, 11) is 0. The molecule has 0 saturated carbocycles. The van der Waals surface area contributed by atoms with Gasteiger partial charge in [-0.1, -0.05) is 53.2 Å². The van der Waals surface area contributed by atoms with Gasteiger partial charge in [0.2, 0.25) is 5.91 Å². The van der Waals surface area contributed by atoms with Crippen molar-refractivity contribution < 1.29 is 32.6 Å². The van der Waals surface area contributed by atoms with E-state index in [1.165, 1.54) is 0 Å². The number of aliphatic carboxylic acids is 1. The second kappa shape index (κ2) is 11.9. The maximum atomic E-state index is 13.3. The van der Waals surface area contributed by atoms with Crippen LogP contribution in [0.2, 0.25) is 5.02 Å². The molecule has 1 amide bonds. The van der Waals surface area contributed by atoms with Gasteiger partial charge in [0.1, 0.15) is 5.69 Å².